The number of aromatic nitrogens is 2. The molecule has 0 aliphatic carbocycles. The van der Waals surface area contributed by atoms with Crippen molar-refractivity contribution < 1.29 is 4.79 Å². The summed E-state index contributed by atoms with van der Waals surface area (Å²) in [5.41, 5.74) is 3.47. The molecule has 2 heterocycles. The Kier molecular flexibility index (Phi) is 5.31. The number of carbonyl (C=O) groups is 1. The zero-order chi connectivity index (χ0) is 17.8. The average molecular weight is 338 g/mol. The second-order valence-electron chi connectivity index (χ2n) is 6.97. The van der Waals surface area contributed by atoms with Gasteiger partial charge in [0.25, 0.3) is 5.91 Å². The zero-order valence-corrected chi connectivity index (χ0v) is 15.2. The van der Waals surface area contributed by atoms with Gasteiger partial charge in [-0.25, -0.2) is 9.97 Å². The molecule has 5 heteroatoms. The summed E-state index contributed by atoms with van der Waals surface area (Å²) in [6, 6.07) is 10.0. The van der Waals surface area contributed by atoms with Gasteiger partial charge >= 0.3 is 0 Å². The van der Waals surface area contributed by atoms with Crippen molar-refractivity contribution >= 4 is 17.5 Å². The third-order valence-electron chi connectivity index (χ3n) is 4.55. The molecule has 1 aliphatic heterocycles. The number of hydrogen-bond acceptors (Lipinski definition) is 4. The Hall–Kier alpha value is -2.43. The third-order valence-corrected chi connectivity index (χ3v) is 4.55. The van der Waals surface area contributed by atoms with Gasteiger partial charge in [0.05, 0.1) is 0 Å². The smallest absolute Gasteiger partial charge is 0.272 e. The molecule has 1 aromatic heterocycles. The minimum atomic E-state index is 0.00315. The van der Waals surface area contributed by atoms with E-state index in [4.69, 9.17) is 0 Å². The van der Waals surface area contributed by atoms with Gasteiger partial charge in [-0.1, -0.05) is 26.0 Å². The van der Waals surface area contributed by atoms with Crippen molar-refractivity contribution in [3.8, 4) is 0 Å². The number of benzene rings is 1. The number of nitrogens with zero attached hydrogens (tertiary/aromatic N) is 3. The summed E-state index contributed by atoms with van der Waals surface area (Å²) in [5, 5.41) is 3.22. The third kappa shape index (κ3) is 4.35. The number of carbonyl (C=O) groups excluding carboxylic acids is 1. The minimum Gasteiger partial charge on any atom is -0.337 e. The number of amides is 1. The minimum absolute atomic E-state index is 0.00315. The molecule has 5 nitrogen and oxygen atoms in total. The molecule has 1 amide bonds. The molecule has 1 fully saturated rings. The van der Waals surface area contributed by atoms with Crippen LogP contribution >= 0.6 is 0 Å². The van der Waals surface area contributed by atoms with Crippen LogP contribution in [0.25, 0.3) is 0 Å². The Labute approximate surface area is 149 Å². The largest absolute Gasteiger partial charge is 0.337 e. The highest BCUT2D eigenvalue weighted by molar-refractivity contribution is 5.92. The first-order valence-electron chi connectivity index (χ1n) is 9.05. The standard InChI is InChI=1S/C20H26N4O/c1-14(2)16-7-9-17(10-8-16)22-20-21-15(3)13-18(23-20)19(25)24-11-5-4-6-12-24/h7-10,13-14H,4-6,11-12H2,1-3H3,(H,21,22,23). The number of aryl methyl sites for hydroxylation is 1. The molecular weight excluding hydrogens is 312 g/mol. The van der Waals surface area contributed by atoms with E-state index in [0.717, 1.165) is 37.3 Å². The molecule has 25 heavy (non-hydrogen) atoms. The van der Waals surface area contributed by atoms with Gasteiger partial charge in [-0.3, -0.25) is 4.79 Å². The molecule has 132 valence electrons. The van der Waals surface area contributed by atoms with Crippen molar-refractivity contribution in [3.05, 3.63) is 47.3 Å². The lowest BCUT2D eigenvalue weighted by Crippen LogP contribution is -2.36. The molecule has 3 rings (SSSR count). The van der Waals surface area contributed by atoms with Gasteiger partial charge in [0, 0.05) is 24.5 Å². The van der Waals surface area contributed by atoms with E-state index in [1.165, 1.54) is 12.0 Å². The van der Waals surface area contributed by atoms with Crippen molar-refractivity contribution in [3.63, 3.8) is 0 Å². The van der Waals surface area contributed by atoms with Crippen LogP contribution in [0.5, 0.6) is 0 Å². The highest BCUT2D eigenvalue weighted by Crippen LogP contribution is 2.20. The fraction of sp³-hybridized carbons (Fsp3) is 0.450. The SMILES string of the molecule is Cc1cc(C(=O)N2CCCCC2)nc(Nc2ccc(C(C)C)cc2)n1. The molecule has 2 aromatic rings. The average Bonchev–Trinajstić information content (AvgIpc) is 2.62. The van der Waals surface area contributed by atoms with Crippen LogP contribution in [0.1, 0.15) is 60.8 Å². The maximum atomic E-state index is 12.7. The normalized spacial score (nSPS) is 14.6. The number of anilines is 2. The second kappa shape index (κ2) is 7.64. The van der Waals surface area contributed by atoms with E-state index in [0.29, 0.717) is 17.6 Å². The van der Waals surface area contributed by atoms with E-state index in [2.05, 4.69) is 41.3 Å². The summed E-state index contributed by atoms with van der Waals surface area (Å²) in [6.45, 7) is 7.87. The Morgan fingerprint density at radius 2 is 1.76 bits per heavy atom. The molecule has 1 saturated heterocycles. The number of piperidine rings is 1. The Bertz CT molecular complexity index is 734. The Balaban J connectivity index is 1.77. The summed E-state index contributed by atoms with van der Waals surface area (Å²) < 4.78 is 0. The first kappa shape index (κ1) is 17.4. The van der Waals surface area contributed by atoms with Crippen LogP contribution in [0, 0.1) is 6.92 Å². The highest BCUT2D eigenvalue weighted by Gasteiger charge is 2.20. The number of nitrogens with one attached hydrogen (secondary N) is 1. The lowest BCUT2D eigenvalue weighted by atomic mass is 10.0. The lowest BCUT2D eigenvalue weighted by molar-refractivity contribution is 0.0718. The quantitative estimate of drug-likeness (QED) is 0.904. The van der Waals surface area contributed by atoms with Crippen molar-refractivity contribution in [2.24, 2.45) is 0 Å². The topological polar surface area (TPSA) is 58.1 Å². The second-order valence-corrected chi connectivity index (χ2v) is 6.97. The van der Waals surface area contributed by atoms with Crippen molar-refractivity contribution in [2.75, 3.05) is 18.4 Å². The van der Waals surface area contributed by atoms with E-state index in [1.807, 2.05) is 24.0 Å². The molecule has 0 radical (unpaired) electrons. The molecule has 0 bridgehead atoms. The van der Waals surface area contributed by atoms with Crippen molar-refractivity contribution in [2.45, 2.75) is 46.0 Å². The van der Waals surface area contributed by atoms with Crippen LogP contribution in [0.3, 0.4) is 0 Å². The fourth-order valence-corrected chi connectivity index (χ4v) is 3.07. The lowest BCUT2D eigenvalue weighted by Gasteiger charge is -2.26. The van der Waals surface area contributed by atoms with Gasteiger partial charge in [-0.05, 0) is 55.9 Å². The fourth-order valence-electron chi connectivity index (χ4n) is 3.07. The molecular formula is C20H26N4O. The van der Waals surface area contributed by atoms with E-state index >= 15 is 0 Å². The van der Waals surface area contributed by atoms with Gasteiger partial charge in [-0.15, -0.1) is 0 Å². The number of likely N-dealkylation sites (tertiary alicyclic amines) is 1. The maximum absolute atomic E-state index is 12.7. The molecule has 1 N–H and O–H groups in total. The Morgan fingerprint density at radius 1 is 1.08 bits per heavy atom. The molecule has 1 aliphatic rings. The van der Waals surface area contributed by atoms with E-state index in [9.17, 15) is 4.79 Å². The number of rotatable bonds is 4. The number of hydrogen-bond donors (Lipinski definition) is 1. The summed E-state index contributed by atoms with van der Waals surface area (Å²) in [7, 11) is 0. The molecule has 0 saturated carbocycles. The summed E-state index contributed by atoms with van der Waals surface area (Å²) in [4.78, 5) is 23.4. The molecule has 0 unspecified atom stereocenters. The maximum Gasteiger partial charge on any atom is 0.272 e. The Morgan fingerprint density at radius 3 is 2.40 bits per heavy atom. The summed E-state index contributed by atoms with van der Waals surface area (Å²) >= 11 is 0. The van der Waals surface area contributed by atoms with Crippen LogP contribution in [0.4, 0.5) is 11.6 Å². The van der Waals surface area contributed by atoms with Gasteiger partial charge in [0.2, 0.25) is 5.95 Å². The van der Waals surface area contributed by atoms with Crippen LogP contribution in [0.15, 0.2) is 30.3 Å². The molecule has 0 spiro atoms. The monoisotopic (exact) mass is 338 g/mol. The first-order chi connectivity index (χ1) is 12.0. The van der Waals surface area contributed by atoms with Gasteiger partial charge in [-0.2, -0.15) is 0 Å². The predicted octanol–water partition coefficient (Wildman–Crippen LogP) is 4.28. The van der Waals surface area contributed by atoms with Gasteiger partial charge in [0.1, 0.15) is 5.69 Å². The highest BCUT2D eigenvalue weighted by atomic mass is 16.2. The molecule has 1 aromatic carbocycles. The van der Waals surface area contributed by atoms with Crippen molar-refractivity contribution in [1.82, 2.24) is 14.9 Å². The van der Waals surface area contributed by atoms with Crippen LogP contribution in [-0.4, -0.2) is 33.9 Å². The first-order valence-corrected chi connectivity index (χ1v) is 9.05. The van der Waals surface area contributed by atoms with Crippen LogP contribution in [-0.2, 0) is 0 Å². The van der Waals surface area contributed by atoms with Crippen molar-refractivity contribution in [1.29, 1.82) is 0 Å². The predicted molar refractivity (Wildman–Crippen MR) is 100 cm³/mol. The van der Waals surface area contributed by atoms with Crippen LogP contribution in [0.2, 0.25) is 0 Å². The van der Waals surface area contributed by atoms with E-state index in [-0.39, 0.29) is 5.91 Å². The summed E-state index contributed by atoms with van der Waals surface area (Å²) in [5.74, 6) is 0.971. The molecule has 0 atom stereocenters. The van der Waals surface area contributed by atoms with Gasteiger partial charge in [0.15, 0.2) is 0 Å². The van der Waals surface area contributed by atoms with E-state index < -0.39 is 0 Å². The summed E-state index contributed by atoms with van der Waals surface area (Å²) in [6.07, 6.45) is 3.35. The van der Waals surface area contributed by atoms with E-state index in [1.54, 1.807) is 6.07 Å². The van der Waals surface area contributed by atoms with Crippen LogP contribution < -0.4 is 5.32 Å². The zero-order valence-electron chi connectivity index (χ0n) is 15.2. The van der Waals surface area contributed by atoms with Gasteiger partial charge < -0.3 is 10.2 Å².